The molecule has 0 radical (unpaired) electrons. The highest BCUT2D eigenvalue weighted by atomic mass is 15.1. The minimum absolute atomic E-state index is 0.323. The number of rotatable bonds is 5. The number of hydrogen-bond donors (Lipinski definition) is 1. The van der Waals surface area contributed by atoms with Crippen molar-refractivity contribution in [1.29, 1.82) is 0 Å². The summed E-state index contributed by atoms with van der Waals surface area (Å²) in [7, 11) is 0. The average molecular weight is 240 g/mol. The summed E-state index contributed by atoms with van der Waals surface area (Å²) < 4.78 is 0. The smallest absolute Gasteiger partial charge is 0.00151 e. The Morgan fingerprint density at radius 3 is 2.29 bits per heavy atom. The standard InChI is InChI=1S/C15H32N2/c1-14(2,3)13-7-10-17(11-13)9-6-8-15(4,5)12-16/h13H,6-12,16H2,1-5H3. The van der Waals surface area contributed by atoms with Gasteiger partial charge in [-0.25, -0.2) is 0 Å². The molecule has 2 heteroatoms. The van der Waals surface area contributed by atoms with Gasteiger partial charge in [-0.2, -0.15) is 0 Å². The third kappa shape index (κ3) is 4.97. The second-order valence-electron chi connectivity index (χ2n) is 7.62. The Hall–Kier alpha value is -0.0800. The fourth-order valence-electron chi connectivity index (χ4n) is 2.63. The largest absolute Gasteiger partial charge is 0.330 e. The summed E-state index contributed by atoms with van der Waals surface area (Å²) >= 11 is 0. The van der Waals surface area contributed by atoms with Crippen LogP contribution in [0, 0.1) is 16.7 Å². The van der Waals surface area contributed by atoms with Crippen molar-refractivity contribution in [3.05, 3.63) is 0 Å². The summed E-state index contributed by atoms with van der Waals surface area (Å²) in [5.74, 6) is 0.880. The van der Waals surface area contributed by atoms with E-state index in [2.05, 4.69) is 39.5 Å². The van der Waals surface area contributed by atoms with E-state index in [1.165, 1.54) is 38.9 Å². The molecule has 17 heavy (non-hydrogen) atoms. The average Bonchev–Trinajstić information content (AvgIpc) is 2.66. The van der Waals surface area contributed by atoms with E-state index in [4.69, 9.17) is 5.73 Å². The van der Waals surface area contributed by atoms with E-state index in [1.807, 2.05) is 0 Å². The van der Waals surface area contributed by atoms with Gasteiger partial charge in [0.25, 0.3) is 0 Å². The van der Waals surface area contributed by atoms with Gasteiger partial charge in [0, 0.05) is 6.54 Å². The van der Waals surface area contributed by atoms with Crippen molar-refractivity contribution in [2.24, 2.45) is 22.5 Å². The predicted octanol–water partition coefficient (Wildman–Crippen LogP) is 3.12. The van der Waals surface area contributed by atoms with Crippen molar-refractivity contribution in [3.8, 4) is 0 Å². The lowest BCUT2D eigenvalue weighted by Gasteiger charge is -2.27. The molecule has 0 amide bonds. The van der Waals surface area contributed by atoms with Crippen LogP contribution < -0.4 is 5.73 Å². The molecule has 0 aliphatic carbocycles. The molecular formula is C15H32N2. The van der Waals surface area contributed by atoms with Gasteiger partial charge in [0.1, 0.15) is 0 Å². The third-order valence-corrected chi connectivity index (χ3v) is 4.38. The molecule has 1 aliphatic rings. The van der Waals surface area contributed by atoms with Crippen LogP contribution in [-0.4, -0.2) is 31.1 Å². The van der Waals surface area contributed by atoms with Crippen LogP contribution in [0.1, 0.15) is 53.9 Å². The number of likely N-dealkylation sites (tertiary alicyclic amines) is 1. The van der Waals surface area contributed by atoms with Gasteiger partial charge in [0.15, 0.2) is 0 Å². The maximum absolute atomic E-state index is 5.77. The fourth-order valence-corrected chi connectivity index (χ4v) is 2.63. The van der Waals surface area contributed by atoms with Crippen molar-refractivity contribution in [2.75, 3.05) is 26.2 Å². The lowest BCUT2D eigenvalue weighted by molar-refractivity contribution is 0.221. The van der Waals surface area contributed by atoms with E-state index >= 15 is 0 Å². The second kappa shape index (κ2) is 5.71. The number of nitrogens with two attached hydrogens (primary N) is 1. The van der Waals surface area contributed by atoms with Gasteiger partial charge in [0.2, 0.25) is 0 Å². The van der Waals surface area contributed by atoms with Crippen molar-refractivity contribution < 1.29 is 0 Å². The molecule has 0 bridgehead atoms. The SMILES string of the molecule is CC(C)(CN)CCCN1CCC(C(C)(C)C)C1. The Labute approximate surface area is 108 Å². The first-order chi connectivity index (χ1) is 7.74. The zero-order valence-corrected chi connectivity index (χ0v) is 12.6. The molecule has 0 spiro atoms. The Bertz CT molecular complexity index is 228. The monoisotopic (exact) mass is 240 g/mol. The Balaban J connectivity index is 2.23. The zero-order valence-electron chi connectivity index (χ0n) is 12.6. The molecule has 0 aromatic rings. The highest BCUT2D eigenvalue weighted by Crippen LogP contribution is 2.33. The minimum Gasteiger partial charge on any atom is -0.330 e. The third-order valence-electron chi connectivity index (χ3n) is 4.38. The van der Waals surface area contributed by atoms with Crippen LogP contribution in [0.2, 0.25) is 0 Å². The summed E-state index contributed by atoms with van der Waals surface area (Å²) in [5, 5.41) is 0. The van der Waals surface area contributed by atoms with Gasteiger partial charge < -0.3 is 10.6 Å². The van der Waals surface area contributed by atoms with Crippen LogP contribution in [0.4, 0.5) is 0 Å². The summed E-state index contributed by atoms with van der Waals surface area (Å²) in [4.78, 5) is 2.64. The van der Waals surface area contributed by atoms with Crippen LogP contribution in [0.25, 0.3) is 0 Å². The number of nitrogens with zero attached hydrogens (tertiary/aromatic N) is 1. The fraction of sp³-hybridized carbons (Fsp3) is 1.00. The van der Waals surface area contributed by atoms with Gasteiger partial charge in [-0.1, -0.05) is 34.6 Å². The lowest BCUT2D eigenvalue weighted by Crippen LogP contribution is -2.28. The molecule has 1 rings (SSSR count). The van der Waals surface area contributed by atoms with E-state index in [1.54, 1.807) is 0 Å². The molecule has 1 unspecified atom stereocenters. The molecule has 1 fully saturated rings. The summed E-state index contributed by atoms with van der Waals surface area (Å²) in [6.45, 7) is 16.3. The maximum atomic E-state index is 5.77. The first-order valence-electron chi connectivity index (χ1n) is 7.17. The van der Waals surface area contributed by atoms with E-state index in [-0.39, 0.29) is 0 Å². The topological polar surface area (TPSA) is 29.3 Å². The molecule has 0 aromatic heterocycles. The van der Waals surface area contributed by atoms with Crippen molar-refractivity contribution >= 4 is 0 Å². The molecule has 1 atom stereocenters. The van der Waals surface area contributed by atoms with Gasteiger partial charge in [0.05, 0.1) is 0 Å². The highest BCUT2D eigenvalue weighted by Gasteiger charge is 2.31. The predicted molar refractivity (Wildman–Crippen MR) is 76.1 cm³/mol. The summed E-state index contributed by atoms with van der Waals surface area (Å²) in [5.41, 5.74) is 6.57. The van der Waals surface area contributed by atoms with Gasteiger partial charge in [-0.3, -0.25) is 0 Å². The Kier molecular flexibility index (Phi) is 5.03. The molecule has 0 aromatic carbocycles. The van der Waals surface area contributed by atoms with E-state index in [0.29, 0.717) is 10.8 Å². The molecule has 1 heterocycles. The molecule has 2 nitrogen and oxygen atoms in total. The normalized spacial score (nSPS) is 23.3. The van der Waals surface area contributed by atoms with Crippen molar-refractivity contribution in [3.63, 3.8) is 0 Å². The van der Waals surface area contributed by atoms with E-state index in [0.717, 1.165) is 12.5 Å². The molecule has 102 valence electrons. The van der Waals surface area contributed by atoms with Crippen LogP contribution in [-0.2, 0) is 0 Å². The minimum atomic E-state index is 0.323. The van der Waals surface area contributed by atoms with Crippen molar-refractivity contribution in [1.82, 2.24) is 4.90 Å². The first kappa shape index (κ1) is 15.0. The van der Waals surface area contributed by atoms with Crippen LogP contribution in [0.5, 0.6) is 0 Å². The zero-order chi connectivity index (χ0) is 13.1. The van der Waals surface area contributed by atoms with E-state index < -0.39 is 0 Å². The molecule has 0 saturated carbocycles. The van der Waals surface area contributed by atoms with Gasteiger partial charge in [-0.05, 0) is 55.6 Å². The van der Waals surface area contributed by atoms with Crippen molar-refractivity contribution in [2.45, 2.75) is 53.9 Å². The van der Waals surface area contributed by atoms with Gasteiger partial charge >= 0.3 is 0 Å². The van der Waals surface area contributed by atoms with Gasteiger partial charge in [-0.15, -0.1) is 0 Å². The van der Waals surface area contributed by atoms with Crippen LogP contribution in [0.3, 0.4) is 0 Å². The molecular weight excluding hydrogens is 208 g/mol. The second-order valence-corrected chi connectivity index (χ2v) is 7.62. The number of hydrogen-bond acceptors (Lipinski definition) is 2. The Morgan fingerprint density at radius 1 is 1.18 bits per heavy atom. The highest BCUT2D eigenvalue weighted by molar-refractivity contribution is 4.84. The summed E-state index contributed by atoms with van der Waals surface area (Å²) in [6.07, 6.45) is 3.92. The molecule has 1 aliphatic heterocycles. The van der Waals surface area contributed by atoms with Crippen LogP contribution in [0.15, 0.2) is 0 Å². The lowest BCUT2D eigenvalue weighted by atomic mass is 9.80. The molecule has 1 saturated heterocycles. The first-order valence-corrected chi connectivity index (χ1v) is 7.17. The maximum Gasteiger partial charge on any atom is 0.00151 e. The molecule has 2 N–H and O–H groups in total. The van der Waals surface area contributed by atoms with E-state index in [9.17, 15) is 0 Å². The van der Waals surface area contributed by atoms with Crippen LogP contribution >= 0.6 is 0 Å². The summed E-state index contributed by atoms with van der Waals surface area (Å²) in [6, 6.07) is 0. The quantitative estimate of drug-likeness (QED) is 0.800. The Morgan fingerprint density at radius 2 is 1.82 bits per heavy atom.